The van der Waals surface area contributed by atoms with Crippen molar-refractivity contribution in [1.82, 2.24) is 9.80 Å². The van der Waals surface area contributed by atoms with Crippen LogP contribution in [-0.4, -0.2) is 54.2 Å². The Balaban J connectivity index is 1.69. The molecular formula is C16H28N2O2. The Morgan fingerprint density at radius 3 is 2.70 bits per heavy atom. The van der Waals surface area contributed by atoms with Gasteiger partial charge >= 0.3 is 0 Å². The third kappa shape index (κ3) is 4.93. The molecule has 114 valence electrons. The molecule has 0 radical (unpaired) electrons. The third-order valence-corrected chi connectivity index (χ3v) is 4.09. The van der Waals surface area contributed by atoms with E-state index in [1.807, 2.05) is 26.1 Å². The van der Waals surface area contributed by atoms with Crippen LogP contribution < -0.4 is 0 Å². The van der Waals surface area contributed by atoms with Crippen molar-refractivity contribution in [3.05, 3.63) is 23.7 Å². The summed E-state index contributed by atoms with van der Waals surface area (Å²) in [6, 6.07) is 3.98. The molecule has 1 atom stereocenters. The summed E-state index contributed by atoms with van der Waals surface area (Å²) in [6.45, 7) is 8.74. The van der Waals surface area contributed by atoms with E-state index in [9.17, 15) is 5.11 Å². The van der Waals surface area contributed by atoms with Gasteiger partial charge in [-0.15, -0.1) is 0 Å². The number of likely N-dealkylation sites (N-methyl/N-ethyl adjacent to an activating group) is 1. The van der Waals surface area contributed by atoms with Gasteiger partial charge in [-0.3, -0.25) is 4.90 Å². The highest BCUT2D eigenvalue weighted by atomic mass is 16.3. The Bertz CT molecular complexity index is 397. The zero-order valence-electron chi connectivity index (χ0n) is 13.0. The molecule has 2 rings (SSSR count). The highest BCUT2D eigenvalue weighted by Gasteiger charge is 2.19. The largest absolute Gasteiger partial charge is 0.465 e. The first kappa shape index (κ1) is 15.5. The predicted molar refractivity (Wildman–Crippen MR) is 80.6 cm³/mol. The van der Waals surface area contributed by atoms with E-state index in [0.717, 1.165) is 43.6 Å². The summed E-state index contributed by atoms with van der Waals surface area (Å²) in [6.07, 6.45) is 2.23. The topological polar surface area (TPSA) is 39.9 Å². The number of piperidine rings is 1. The minimum absolute atomic E-state index is 0.288. The number of aliphatic hydroxyl groups excluding tert-OH is 1. The van der Waals surface area contributed by atoms with Crippen molar-refractivity contribution in [3.8, 4) is 0 Å². The molecule has 2 heterocycles. The molecule has 1 aliphatic heterocycles. The molecule has 20 heavy (non-hydrogen) atoms. The van der Waals surface area contributed by atoms with E-state index in [0.29, 0.717) is 6.54 Å². The van der Waals surface area contributed by atoms with Crippen molar-refractivity contribution >= 4 is 0 Å². The number of rotatable bonds is 6. The molecule has 1 N–H and O–H groups in total. The number of β-amino-alcohol motifs (C(OH)–C–C–N with tert-alkyl or cyclic N) is 1. The van der Waals surface area contributed by atoms with Crippen molar-refractivity contribution in [2.45, 2.75) is 39.3 Å². The lowest BCUT2D eigenvalue weighted by Crippen LogP contribution is -2.42. The zero-order valence-corrected chi connectivity index (χ0v) is 13.0. The quantitative estimate of drug-likeness (QED) is 0.866. The van der Waals surface area contributed by atoms with Gasteiger partial charge < -0.3 is 14.4 Å². The standard InChI is InChI=1S/C16H28N2O2/c1-13-6-8-18(9-7-13)11-15(19)10-17(3)12-16-5-4-14(2)20-16/h4-5,13,15,19H,6-12H2,1-3H3. The average molecular weight is 280 g/mol. The van der Waals surface area contributed by atoms with E-state index >= 15 is 0 Å². The monoisotopic (exact) mass is 280 g/mol. The molecule has 1 fully saturated rings. The number of nitrogens with zero attached hydrogens (tertiary/aromatic N) is 2. The van der Waals surface area contributed by atoms with Crippen LogP contribution >= 0.6 is 0 Å². The van der Waals surface area contributed by atoms with Gasteiger partial charge in [-0.2, -0.15) is 0 Å². The van der Waals surface area contributed by atoms with E-state index in [-0.39, 0.29) is 6.10 Å². The molecule has 4 nitrogen and oxygen atoms in total. The lowest BCUT2D eigenvalue weighted by molar-refractivity contribution is 0.0647. The van der Waals surface area contributed by atoms with E-state index in [4.69, 9.17) is 4.42 Å². The van der Waals surface area contributed by atoms with Crippen molar-refractivity contribution in [2.24, 2.45) is 5.92 Å². The number of furan rings is 1. The second-order valence-corrected chi connectivity index (χ2v) is 6.35. The first-order chi connectivity index (χ1) is 9.52. The predicted octanol–water partition coefficient (Wildman–Crippen LogP) is 2.11. The highest BCUT2D eigenvalue weighted by molar-refractivity contribution is 5.05. The number of hydrogen-bond donors (Lipinski definition) is 1. The molecular weight excluding hydrogens is 252 g/mol. The summed E-state index contributed by atoms with van der Waals surface area (Å²) >= 11 is 0. The molecule has 1 saturated heterocycles. The first-order valence-electron chi connectivity index (χ1n) is 7.67. The normalized spacial score (nSPS) is 19.6. The van der Waals surface area contributed by atoms with Crippen LogP contribution in [0.3, 0.4) is 0 Å². The van der Waals surface area contributed by atoms with Crippen LogP contribution in [0.2, 0.25) is 0 Å². The van der Waals surface area contributed by atoms with Crippen LogP contribution in [0.25, 0.3) is 0 Å². The van der Waals surface area contributed by atoms with Gasteiger partial charge in [0, 0.05) is 13.1 Å². The maximum atomic E-state index is 10.2. The van der Waals surface area contributed by atoms with Crippen LogP contribution in [0.5, 0.6) is 0 Å². The Morgan fingerprint density at radius 2 is 2.10 bits per heavy atom. The summed E-state index contributed by atoms with van der Waals surface area (Å²) in [5.74, 6) is 2.74. The maximum Gasteiger partial charge on any atom is 0.118 e. The minimum Gasteiger partial charge on any atom is -0.465 e. The number of aryl methyl sites for hydroxylation is 1. The van der Waals surface area contributed by atoms with E-state index < -0.39 is 0 Å². The lowest BCUT2D eigenvalue weighted by atomic mass is 9.99. The molecule has 0 saturated carbocycles. The maximum absolute atomic E-state index is 10.2. The Hall–Kier alpha value is -0.840. The van der Waals surface area contributed by atoms with Gasteiger partial charge in [0.25, 0.3) is 0 Å². The molecule has 0 amide bonds. The number of hydrogen-bond acceptors (Lipinski definition) is 4. The SMILES string of the molecule is Cc1ccc(CN(C)CC(O)CN2CCC(C)CC2)o1. The third-order valence-electron chi connectivity index (χ3n) is 4.09. The van der Waals surface area contributed by atoms with Gasteiger partial charge in [-0.25, -0.2) is 0 Å². The van der Waals surface area contributed by atoms with E-state index in [1.54, 1.807) is 0 Å². The molecule has 4 heteroatoms. The fourth-order valence-corrected chi connectivity index (χ4v) is 2.86. The number of aliphatic hydroxyl groups is 1. The fraction of sp³-hybridized carbons (Fsp3) is 0.750. The second kappa shape index (κ2) is 7.25. The molecule has 1 aromatic heterocycles. The van der Waals surface area contributed by atoms with Crippen LogP contribution in [0.4, 0.5) is 0 Å². The molecule has 0 aromatic carbocycles. The summed E-state index contributed by atoms with van der Waals surface area (Å²) in [7, 11) is 2.03. The minimum atomic E-state index is -0.288. The molecule has 1 unspecified atom stereocenters. The van der Waals surface area contributed by atoms with Gasteiger partial charge in [-0.05, 0) is 58.0 Å². The molecule has 0 aliphatic carbocycles. The summed E-state index contributed by atoms with van der Waals surface area (Å²) in [4.78, 5) is 4.51. The molecule has 1 aromatic rings. The Morgan fingerprint density at radius 1 is 1.40 bits per heavy atom. The smallest absolute Gasteiger partial charge is 0.118 e. The molecule has 1 aliphatic rings. The van der Waals surface area contributed by atoms with Crippen molar-refractivity contribution in [3.63, 3.8) is 0 Å². The van der Waals surface area contributed by atoms with Gasteiger partial charge in [0.1, 0.15) is 11.5 Å². The van der Waals surface area contributed by atoms with Gasteiger partial charge in [0.15, 0.2) is 0 Å². The van der Waals surface area contributed by atoms with Crippen molar-refractivity contribution < 1.29 is 9.52 Å². The fourth-order valence-electron chi connectivity index (χ4n) is 2.86. The molecule has 0 bridgehead atoms. The van der Waals surface area contributed by atoms with Crippen molar-refractivity contribution in [1.29, 1.82) is 0 Å². The van der Waals surface area contributed by atoms with Gasteiger partial charge in [-0.1, -0.05) is 6.92 Å². The van der Waals surface area contributed by atoms with Crippen LogP contribution in [0.15, 0.2) is 16.5 Å². The van der Waals surface area contributed by atoms with Gasteiger partial charge in [0.05, 0.1) is 12.6 Å². The van der Waals surface area contributed by atoms with E-state index in [2.05, 4.69) is 16.7 Å². The lowest BCUT2D eigenvalue weighted by Gasteiger charge is -2.32. The Labute approximate surface area is 122 Å². The van der Waals surface area contributed by atoms with Crippen LogP contribution in [0, 0.1) is 12.8 Å². The number of likely N-dealkylation sites (tertiary alicyclic amines) is 1. The van der Waals surface area contributed by atoms with Gasteiger partial charge in [0.2, 0.25) is 0 Å². The Kier molecular flexibility index (Phi) is 5.64. The van der Waals surface area contributed by atoms with Crippen LogP contribution in [-0.2, 0) is 6.54 Å². The highest BCUT2D eigenvalue weighted by Crippen LogP contribution is 2.16. The van der Waals surface area contributed by atoms with Crippen molar-refractivity contribution in [2.75, 3.05) is 33.2 Å². The van der Waals surface area contributed by atoms with Crippen LogP contribution in [0.1, 0.15) is 31.3 Å². The van der Waals surface area contributed by atoms with E-state index in [1.165, 1.54) is 12.8 Å². The zero-order chi connectivity index (χ0) is 14.5. The molecule has 0 spiro atoms. The second-order valence-electron chi connectivity index (χ2n) is 6.35. The summed E-state index contributed by atoms with van der Waals surface area (Å²) in [5, 5.41) is 10.2. The first-order valence-corrected chi connectivity index (χ1v) is 7.67. The summed E-state index contributed by atoms with van der Waals surface area (Å²) < 4.78 is 5.56. The average Bonchev–Trinajstić information content (AvgIpc) is 2.77. The summed E-state index contributed by atoms with van der Waals surface area (Å²) in [5.41, 5.74) is 0.